The predicted octanol–water partition coefficient (Wildman–Crippen LogP) is 22.7. The van der Waals surface area contributed by atoms with Gasteiger partial charge in [-0.25, -0.2) is 14.8 Å². The van der Waals surface area contributed by atoms with E-state index in [9.17, 15) is 9.59 Å². The number of aryl methyl sites for hydroxylation is 8. The van der Waals surface area contributed by atoms with E-state index < -0.39 is 5.97 Å². The molecule has 0 saturated heterocycles. The van der Waals surface area contributed by atoms with Gasteiger partial charge in [0.15, 0.2) is 0 Å². The summed E-state index contributed by atoms with van der Waals surface area (Å²) in [5, 5.41) is 13.5. The molecule has 0 saturated carbocycles. The number of nitrogen functional groups attached to an aromatic ring is 3. The Morgan fingerprint density at radius 2 is 0.845 bits per heavy atom. The molecule has 6 aromatic carbocycles. The molecular formula is C84H102BrCl3N12O3. The van der Waals surface area contributed by atoms with Crippen molar-refractivity contribution in [3.63, 3.8) is 0 Å². The molecule has 0 spiro atoms. The molecule has 0 unspecified atom stereocenters. The van der Waals surface area contributed by atoms with Gasteiger partial charge in [0, 0.05) is 83.6 Å². The Morgan fingerprint density at radius 3 is 1.30 bits per heavy atom. The molecule has 9 N–H and O–H groups in total. The standard InChI is InChI=1S/C23H20ClN3.C16H17N3O.C16H15N3.C8H12N2.C8H7NO2.C7H6BrCl.6CH4.ClH/c1-16-13-21-22(14-17(16)2)27(15-19-3-6-20(24)7-4-19)23(26-21)8-5-18-9-11-25-12-10-18;1-11-9-14(17)15(10-12(11)2)19-16(20)4-3-13-5-7-18-8-6-13;1-11-9-14-15(10-12(11)2)19-16(18-14)4-3-13-5-7-17-8-6-13;1-5-3-7(9)8(10)4-6(5)2;10-8(11)2-1-7-3-5-9-6-4-7;8-5-6-1-3-7(9)4-2-6;;;;;;;/h3-14H,15H2,1-2H3;3-10H,17H2,1-2H3,(H,19,20);3-10H,1-2H3,(H,18,19);3-4H,9-10H2,1-2H3;1-6H,(H,10,11);1-4H,5H2;6*1H4;1H/b8-5+;2*4-3+;;2-1+;;;;;;;;. The van der Waals surface area contributed by atoms with Crippen LogP contribution in [0.15, 0.2) is 207 Å². The average molecular weight is 1510 g/mol. The van der Waals surface area contributed by atoms with Crippen LogP contribution in [0.25, 0.3) is 58.5 Å². The highest BCUT2D eigenvalue weighted by Crippen LogP contribution is 2.26. The van der Waals surface area contributed by atoms with Gasteiger partial charge in [0.2, 0.25) is 5.91 Å². The van der Waals surface area contributed by atoms with Crippen molar-refractivity contribution in [1.82, 2.24) is 39.5 Å². The topological polar surface area (TPSA) is 243 Å². The number of hydrogen-bond donors (Lipinski definition) is 6. The highest BCUT2D eigenvalue weighted by Gasteiger charge is 2.12. The van der Waals surface area contributed by atoms with Crippen molar-refractivity contribution in [2.75, 3.05) is 22.5 Å². The zero-order valence-electron chi connectivity index (χ0n) is 55.2. The molecule has 6 heterocycles. The Hall–Kier alpha value is -10.5. The van der Waals surface area contributed by atoms with Gasteiger partial charge in [-0.1, -0.05) is 120 Å². The maximum absolute atomic E-state index is 11.9. The first-order valence-corrected chi connectivity index (χ1v) is 32.3. The van der Waals surface area contributed by atoms with Gasteiger partial charge in [-0.15, -0.1) is 12.4 Å². The predicted molar refractivity (Wildman–Crippen MR) is 451 cm³/mol. The third kappa shape index (κ3) is 30.3. The van der Waals surface area contributed by atoms with Gasteiger partial charge in [-0.2, -0.15) is 0 Å². The maximum Gasteiger partial charge on any atom is 0.328 e. The van der Waals surface area contributed by atoms with Crippen molar-refractivity contribution < 1.29 is 14.7 Å². The highest BCUT2D eigenvalue weighted by molar-refractivity contribution is 9.08. The number of halogens is 4. The summed E-state index contributed by atoms with van der Waals surface area (Å²) in [6.07, 6.45) is 27.7. The molecule has 103 heavy (non-hydrogen) atoms. The van der Waals surface area contributed by atoms with Gasteiger partial charge in [-0.05, 0) is 279 Å². The van der Waals surface area contributed by atoms with E-state index in [0.717, 1.165) is 95.1 Å². The van der Waals surface area contributed by atoms with E-state index in [0.29, 0.717) is 22.7 Å². The zero-order chi connectivity index (χ0) is 69.1. The van der Waals surface area contributed by atoms with Crippen molar-refractivity contribution >= 4 is 145 Å². The minimum Gasteiger partial charge on any atom is -0.478 e. The molecule has 0 aliphatic heterocycles. The number of benzene rings is 6. The summed E-state index contributed by atoms with van der Waals surface area (Å²) in [4.78, 5) is 50.5. The van der Waals surface area contributed by atoms with Crippen LogP contribution in [0.3, 0.4) is 0 Å². The van der Waals surface area contributed by atoms with Crippen molar-refractivity contribution in [3.05, 3.63) is 307 Å². The molecule has 6 aromatic heterocycles. The maximum atomic E-state index is 11.9. The molecule has 0 atom stereocenters. The van der Waals surface area contributed by atoms with E-state index in [-0.39, 0.29) is 62.9 Å². The number of alkyl halides is 1. The molecule has 0 aliphatic carbocycles. The molecule has 0 bridgehead atoms. The molecule has 1 amide bonds. The lowest BCUT2D eigenvalue weighted by molar-refractivity contribution is -0.131. The number of nitrogens with two attached hydrogens (primary N) is 3. The van der Waals surface area contributed by atoms with Crippen LogP contribution >= 0.6 is 51.5 Å². The van der Waals surface area contributed by atoms with Crippen molar-refractivity contribution in [1.29, 1.82) is 0 Å². The Bertz CT molecular complexity index is 4560. The monoisotopic (exact) mass is 1510 g/mol. The number of H-pyrrole nitrogens is 1. The third-order valence-electron chi connectivity index (χ3n) is 15.0. The molecule has 0 fully saturated rings. The number of pyridine rings is 4. The van der Waals surface area contributed by atoms with Gasteiger partial charge in [-0.3, -0.25) is 24.7 Å². The Morgan fingerprint density at radius 1 is 0.466 bits per heavy atom. The first-order chi connectivity index (χ1) is 46.1. The van der Waals surface area contributed by atoms with Crippen LogP contribution in [0.5, 0.6) is 0 Å². The molecule has 0 aliphatic rings. The summed E-state index contributed by atoms with van der Waals surface area (Å²) in [6, 6.07) is 46.9. The van der Waals surface area contributed by atoms with Gasteiger partial charge in [0.1, 0.15) is 11.6 Å². The van der Waals surface area contributed by atoms with Gasteiger partial charge in [0.25, 0.3) is 0 Å². The lowest BCUT2D eigenvalue weighted by Crippen LogP contribution is -2.10. The van der Waals surface area contributed by atoms with E-state index in [4.69, 9.17) is 50.5 Å². The quantitative estimate of drug-likeness (QED) is 0.0380. The fraction of sp³-hybridized carbons (Fsp3) is 0.190. The molecule has 12 rings (SSSR count). The highest BCUT2D eigenvalue weighted by atomic mass is 79.9. The summed E-state index contributed by atoms with van der Waals surface area (Å²) < 4.78 is 2.25. The van der Waals surface area contributed by atoms with E-state index in [2.05, 4.69) is 132 Å². The number of rotatable bonds is 12. The van der Waals surface area contributed by atoms with Gasteiger partial charge in [0.05, 0.1) is 44.8 Å². The van der Waals surface area contributed by atoms with Crippen LogP contribution in [0, 0.1) is 55.4 Å². The van der Waals surface area contributed by atoms with E-state index >= 15 is 0 Å². The van der Waals surface area contributed by atoms with Crippen LogP contribution in [0.1, 0.15) is 134 Å². The lowest BCUT2D eigenvalue weighted by atomic mass is 10.1. The zero-order valence-corrected chi connectivity index (χ0v) is 59.1. The first-order valence-electron chi connectivity index (χ1n) is 30.5. The number of imidazole rings is 2. The molecule has 544 valence electrons. The number of anilines is 4. The Labute approximate surface area is 635 Å². The van der Waals surface area contributed by atoms with Crippen LogP contribution in [-0.2, 0) is 21.5 Å². The number of carboxylic acid groups (broad SMARTS) is 1. The number of carboxylic acids is 1. The second kappa shape index (κ2) is 46.8. The second-order valence-electron chi connectivity index (χ2n) is 22.3. The summed E-state index contributed by atoms with van der Waals surface area (Å²) in [5.74, 6) is 0.650. The normalized spacial score (nSPS) is 10.1. The number of aliphatic carboxylic acids is 1. The summed E-state index contributed by atoms with van der Waals surface area (Å²) in [5.41, 5.74) is 39.9. The number of nitrogens with one attached hydrogen (secondary N) is 2. The second-order valence-corrected chi connectivity index (χ2v) is 23.7. The number of carbonyl (C=O) groups is 2. The number of amides is 1. The molecule has 0 radical (unpaired) electrons. The smallest absolute Gasteiger partial charge is 0.328 e. The number of aromatic amines is 1. The number of carbonyl (C=O) groups excluding carboxylic acids is 1. The minimum absolute atomic E-state index is 0. The van der Waals surface area contributed by atoms with Crippen LogP contribution in [0.2, 0.25) is 10.0 Å². The SMILES string of the molecule is C.C.C.C.C.C.Cc1cc(N)c(N)cc1C.Cc1cc(N)c(NC(=O)/C=C/c2ccncc2)cc1C.Cc1cc2nc(/C=C/c3ccncc3)[nH]c2cc1C.Cc1cc2nc(/C=C/c3ccncc3)n(Cc3ccc(Cl)cc3)c2cc1C.Cl.Clc1ccc(CBr)cc1.O=C(O)/C=C/c1ccncc1. The third-order valence-corrected chi connectivity index (χ3v) is 16.1. The lowest BCUT2D eigenvalue weighted by Gasteiger charge is -2.09. The number of aromatic nitrogens is 8. The molecule has 19 heteroatoms. The Balaban J connectivity index is 0.00000124. The van der Waals surface area contributed by atoms with E-state index in [1.807, 2.05) is 137 Å². The van der Waals surface area contributed by atoms with Crippen molar-refractivity contribution in [2.24, 2.45) is 0 Å². The fourth-order valence-corrected chi connectivity index (χ4v) is 9.60. The van der Waals surface area contributed by atoms with Crippen LogP contribution < -0.4 is 22.5 Å². The average Bonchev–Trinajstić information content (AvgIpc) is 1.64. The van der Waals surface area contributed by atoms with Crippen molar-refractivity contribution in [2.45, 2.75) is 112 Å². The summed E-state index contributed by atoms with van der Waals surface area (Å²) >= 11 is 15.0. The van der Waals surface area contributed by atoms with Crippen LogP contribution in [-0.4, -0.2) is 56.4 Å². The van der Waals surface area contributed by atoms with Gasteiger partial charge < -0.3 is 37.2 Å². The van der Waals surface area contributed by atoms with E-state index in [1.165, 1.54) is 56.7 Å². The first kappa shape index (κ1) is 92.5. The largest absolute Gasteiger partial charge is 0.478 e. The number of nitrogens with zero attached hydrogens (tertiary/aromatic N) is 7. The molecule has 12 aromatic rings. The van der Waals surface area contributed by atoms with E-state index in [1.54, 1.807) is 67.8 Å². The summed E-state index contributed by atoms with van der Waals surface area (Å²) in [6.45, 7) is 17.2. The van der Waals surface area contributed by atoms with Gasteiger partial charge >= 0.3 is 5.97 Å². The minimum atomic E-state index is -0.943. The van der Waals surface area contributed by atoms with Crippen molar-refractivity contribution in [3.8, 4) is 0 Å². The number of fused-ring (bicyclic) bond motifs is 2. The Kier molecular flexibility index (Phi) is 42.1. The summed E-state index contributed by atoms with van der Waals surface area (Å²) in [7, 11) is 0. The molecule has 15 nitrogen and oxygen atoms in total. The molecular weight excluding hydrogens is 1410 g/mol. The fourth-order valence-electron chi connectivity index (χ4n) is 8.97. The van der Waals surface area contributed by atoms with Crippen LogP contribution in [0.4, 0.5) is 22.7 Å². The number of hydrogen-bond acceptors (Lipinski definition) is 11.